The third-order valence-electron chi connectivity index (χ3n) is 4.15. The zero-order valence-electron chi connectivity index (χ0n) is 11.4. The van der Waals surface area contributed by atoms with Crippen molar-refractivity contribution in [1.29, 1.82) is 0 Å². The summed E-state index contributed by atoms with van der Waals surface area (Å²) in [5.41, 5.74) is -0.422. The van der Waals surface area contributed by atoms with Crippen molar-refractivity contribution < 1.29 is 19.0 Å². The van der Waals surface area contributed by atoms with Gasteiger partial charge in [-0.15, -0.1) is 0 Å². The van der Waals surface area contributed by atoms with Gasteiger partial charge in [-0.3, -0.25) is 4.79 Å². The largest absolute Gasteiger partial charge is 0.381 e. The van der Waals surface area contributed by atoms with Gasteiger partial charge in [-0.1, -0.05) is 12.1 Å². The van der Waals surface area contributed by atoms with Crippen LogP contribution < -0.4 is 0 Å². The van der Waals surface area contributed by atoms with Crippen molar-refractivity contribution in [2.75, 3.05) is 20.2 Å². The van der Waals surface area contributed by atoms with Gasteiger partial charge in [0.05, 0.1) is 13.1 Å². The van der Waals surface area contributed by atoms with E-state index in [0.717, 1.165) is 12.8 Å². The van der Waals surface area contributed by atoms with Crippen molar-refractivity contribution in [3.63, 3.8) is 0 Å². The summed E-state index contributed by atoms with van der Waals surface area (Å²) < 4.78 is 18.1. The highest BCUT2D eigenvalue weighted by Crippen LogP contribution is 2.38. The van der Waals surface area contributed by atoms with Gasteiger partial charge >= 0.3 is 0 Å². The van der Waals surface area contributed by atoms with E-state index >= 15 is 0 Å². The van der Waals surface area contributed by atoms with Gasteiger partial charge in [0.1, 0.15) is 17.5 Å². The van der Waals surface area contributed by atoms with Crippen molar-refractivity contribution in [2.24, 2.45) is 5.92 Å². The van der Waals surface area contributed by atoms with Crippen LogP contribution in [-0.2, 0) is 15.1 Å². The number of halogens is 1. The van der Waals surface area contributed by atoms with Gasteiger partial charge in [0.2, 0.25) is 0 Å². The molecule has 108 valence electrons. The van der Waals surface area contributed by atoms with E-state index in [-0.39, 0.29) is 30.9 Å². The topological polar surface area (TPSA) is 49.8 Å². The fourth-order valence-electron chi connectivity index (χ4n) is 2.76. The molecule has 0 aromatic heterocycles. The fraction of sp³-hybridized carbons (Fsp3) is 0.533. The normalized spacial score (nSPS) is 22.2. The fourth-order valence-corrected chi connectivity index (χ4v) is 2.76. The summed E-state index contributed by atoms with van der Waals surface area (Å²) in [6.45, 7) is 0.480. The standard InChI is InChI=1S/C15H18FNO3/c1-20-13(10-2-3-10)14(18)17-8-15(19,9-17)11-4-6-12(16)7-5-11/h4-7,10,13,19H,2-3,8-9H2,1H3. The van der Waals surface area contributed by atoms with E-state index in [2.05, 4.69) is 0 Å². The van der Waals surface area contributed by atoms with Crippen molar-refractivity contribution in [1.82, 2.24) is 4.90 Å². The zero-order valence-corrected chi connectivity index (χ0v) is 11.4. The van der Waals surface area contributed by atoms with E-state index in [4.69, 9.17) is 4.74 Å². The van der Waals surface area contributed by atoms with Crippen molar-refractivity contribution in [3.8, 4) is 0 Å². The first-order valence-electron chi connectivity index (χ1n) is 6.83. The number of nitrogens with zero attached hydrogens (tertiary/aromatic N) is 1. The van der Waals surface area contributed by atoms with E-state index in [1.165, 1.54) is 12.1 Å². The molecule has 1 unspecified atom stereocenters. The van der Waals surface area contributed by atoms with Gasteiger partial charge in [-0.2, -0.15) is 0 Å². The number of carbonyl (C=O) groups excluding carboxylic acids is 1. The van der Waals surface area contributed by atoms with Crippen LogP contribution in [0.15, 0.2) is 24.3 Å². The average molecular weight is 279 g/mol. The SMILES string of the molecule is COC(C(=O)N1CC(O)(c2ccc(F)cc2)C1)C1CC1. The molecule has 2 fully saturated rings. The number of benzene rings is 1. The summed E-state index contributed by atoms with van der Waals surface area (Å²) >= 11 is 0. The Hall–Kier alpha value is -1.46. The summed E-state index contributed by atoms with van der Waals surface area (Å²) in [5.74, 6) is -0.0633. The third-order valence-corrected chi connectivity index (χ3v) is 4.15. The Kier molecular flexibility index (Phi) is 3.26. The van der Waals surface area contributed by atoms with E-state index < -0.39 is 5.60 Å². The van der Waals surface area contributed by atoms with Gasteiger partial charge in [0.15, 0.2) is 0 Å². The summed E-state index contributed by atoms with van der Waals surface area (Å²) in [5, 5.41) is 10.4. The van der Waals surface area contributed by atoms with Crippen LogP contribution in [0.2, 0.25) is 0 Å². The predicted molar refractivity (Wildman–Crippen MR) is 70.4 cm³/mol. The average Bonchev–Trinajstić information content (AvgIpc) is 3.21. The molecular formula is C15H18FNO3. The molecule has 0 spiro atoms. The third kappa shape index (κ3) is 2.31. The first kappa shape index (κ1) is 13.5. The molecule has 0 radical (unpaired) electrons. The number of aliphatic hydroxyl groups is 1. The molecular weight excluding hydrogens is 261 g/mol. The number of likely N-dealkylation sites (tertiary alicyclic amines) is 1. The van der Waals surface area contributed by atoms with Crippen LogP contribution in [-0.4, -0.2) is 42.2 Å². The molecule has 4 nitrogen and oxygen atoms in total. The van der Waals surface area contributed by atoms with E-state index in [0.29, 0.717) is 11.5 Å². The second-order valence-corrected chi connectivity index (χ2v) is 5.73. The lowest BCUT2D eigenvalue weighted by atomic mass is 9.85. The quantitative estimate of drug-likeness (QED) is 0.903. The maximum absolute atomic E-state index is 12.9. The Morgan fingerprint density at radius 3 is 2.50 bits per heavy atom. The minimum absolute atomic E-state index is 0.0539. The van der Waals surface area contributed by atoms with Crippen molar-refractivity contribution >= 4 is 5.91 Å². The van der Waals surface area contributed by atoms with Crippen LogP contribution >= 0.6 is 0 Å². The smallest absolute Gasteiger partial charge is 0.252 e. The Balaban J connectivity index is 1.64. The lowest BCUT2D eigenvalue weighted by molar-refractivity contribution is -0.168. The molecule has 1 atom stereocenters. The summed E-state index contributed by atoms with van der Waals surface area (Å²) in [7, 11) is 1.55. The highest BCUT2D eigenvalue weighted by Gasteiger charge is 2.48. The molecule has 1 heterocycles. The number of ether oxygens (including phenoxy) is 1. The zero-order chi connectivity index (χ0) is 14.3. The molecule has 2 aliphatic rings. The van der Waals surface area contributed by atoms with Crippen LogP contribution in [0.4, 0.5) is 4.39 Å². The summed E-state index contributed by atoms with van der Waals surface area (Å²) in [4.78, 5) is 13.8. The highest BCUT2D eigenvalue weighted by atomic mass is 19.1. The second kappa shape index (κ2) is 4.82. The maximum atomic E-state index is 12.9. The second-order valence-electron chi connectivity index (χ2n) is 5.73. The number of amides is 1. The minimum Gasteiger partial charge on any atom is -0.381 e. The Morgan fingerprint density at radius 2 is 2.00 bits per heavy atom. The lowest BCUT2D eigenvalue weighted by Crippen LogP contribution is -2.63. The van der Waals surface area contributed by atoms with Gasteiger partial charge in [0, 0.05) is 7.11 Å². The van der Waals surface area contributed by atoms with Crippen LogP contribution in [0, 0.1) is 11.7 Å². The number of hydrogen-bond donors (Lipinski definition) is 1. The number of rotatable bonds is 4. The van der Waals surface area contributed by atoms with Crippen molar-refractivity contribution in [3.05, 3.63) is 35.6 Å². The first-order chi connectivity index (χ1) is 9.53. The molecule has 1 aliphatic carbocycles. The molecule has 0 bridgehead atoms. The monoisotopic (exact) mass is 279 g/mol. The van der Waals surface area contributed by atoms with Crippen LogP contribution in [0.1, 0.15) is 18.4 Å². The number of β-amino-alcohol motifs (C(OH)–C–C–N with tert-alkyl or cyclic N) is 1. The molecule has 1 saturated heterocycles. The minimum atomic E-state index is -1.06. The van der Waals surface area contributed by atoms with Crippen molar-refractivity contribution in [2.45, 2.75) is 24.5 Å². The molecule has 1 amide bonds. The molecule has 1 N–H and O–H groups in total. The molecule has 5 heteroatoms. The lowest BCUT2D eigenvalue weighted by Gasteiger charge is -2.47. The van der Waals surface area contributed by atoms with E-state index in [1.807, 2.05) is 0 Å². The van der Waals surface area contributed by atoms with E-state index in [1.54, 1.807) is 24.1 Å². The predicted octanol–water partition coefficient (Wildman–Crippen LogP) is 1.28. The summed E-state index contributed by atoms with van der Waals surface area (Å²) in [6.07, 6.45) is 1.67. The van der Waals surface area contributed by atoms with Crippen LogP contribution in [0.5, 0.6) is 0 Å². The van der Waals surface area contributed by atoms with Gasteiger partial charge in [-0.25, -0.2) is 4.39 Å². The molecule has 1 aromatic carbocycles. The number of hydrogen-bond acceptors (Lipinski definition) is 3. The Morgan fingerprint density at radius 1 is 1.40 bits per heavy atom. The molecule has 1 saturated carbocycles. The summed E-state index contributed by atoms with van der Waals surface area (Å²) in [6, 6.07) is 5.76. The molecule has 1 aliphatic heterocycles. The molecule has 3 rings (SSSR count). The molecule has 20 heavy (non-hydrogen) atoms. The number of carbonyl (C=O) groups is 1. The van der Waals surface area contributed by atoms with Crippen LogP contribution in [0.3, 0.4) is 0 Å². The highest BCUT2D eigenvalue weighted by molar-refractivity contribution is 5.82. The first-order valence-corrected chi connectivity index (χ1v) is 6.83. The van der Waals surface area contributed by atoms with Gasteiger partial charge in [-0.05, 0) is 36.5 Å². The van der Waals surface area contributed by atoms with Gasteiger partial charge in [0.25, 0.3) is 5.91 Å². The molecule has 1 aromatic rings. The Bertz CT molecular complexity index is 506. The van der Waals surface area contributed by atoms with Crippen LogP contribution in [0.25, 0.3) is 0 Å². The van der Waals surface area contributed by atoms with E-state index in [9.17, 15) is 14.3 Å². The number of methoxy groups -OCH3 is 1. The Labute approximate surface area is 117 Å². The maximum Gasteiger partial charge on any atom is 0.252 e. The van der Waals surface area contributed by atoms with Gasteiger partial charge < -0.3 is 14.7 Å².